The lowest BCUT2D eigenvalue weighted by molar-refractivity contribution is 0.415. The molecule has 23 heavy (non-hydrogen) atoms. The Kier molecular flexibility index (Phi) is 3.16. The summed E-state index contributed by atoms with van der Waals surface area (Å²) in [6, 6.07) is 9.72. The zero-order valence-corrected chi connectivity index (χ0v) is 12.4. The van der Waals surface area contributed by atoms with Crippen molar-refractivity contribution in [3.8, 4) is 17.0 Å². The number of anilines is 2. The number of rotatable bonds is 4. The van der Waals surface area contributed by atoms with Crippen LogP contribution in [-0.4, -0.2) is 32.5 Å². The fourth-order valence-corrected chi connectivity index (χ4v) is 2.49. The maximum absolute atomic E-state index is 5.32. The monoisotopic (exact) mass is 306 g/mol. The number of ether oxygens (including phenoxy) is 1. The predicted octanol–water partition coefficient (Wildman–Crippen LogP) is 3.10. The SMILES string of the molecule is COc1ccc2c(-c3cn[nH]c3)nc(Nc3cc[nH]n3)cc2c1. The molecule has 4 aromatic rings. The molecule has 3 heterocycles. The van der Waals surface area contributed by atoms with Gasteiger partial charge in [-0.1, -0.05) is 0 Å². The van der Waals surface area contributed by atoms with Crippen LogP contribution in [0.1, 0.15) is 0 Å². The predicted molar refractivity (Wildman–Crippen MR) is 87.7 cm³/mol. The van der Waals surface area contributed by atoms with Crippen molar-refractivity contribution in [1.82, 2.24) is 25.4 Å². The topological polar surface area (TPSA) is 91.5 Å². The van der Waals surface area contributed by atoms with Crippen molar-refractivity contribution in [1.29, 1.82) is 0 Å². The summed E-state index contributed by atoms with van der Waals surface area (Å²) in [5, 5.41) is 19.0. The molecule has 1 aromatic carbocycles. The number of H-pyrrole nitrogens is 2. The van der Waals surface area contributed by atoms with Crippen LogP contribution in [0, 0.1) is 0 Å². The van der Waals surface area contributed by atoms with E-state index in [1.54, 1.807) is 19.5 Å². The number of aromatic nitrogens is 5. The number of pyridine rings is 1. The van der Waals surface area contributed by atoms with Crippen molar-refractivity contribution < 1.29 is 4.74 Å². The molecule has 0 aliphatic carbocycles. The van der Waals surface area contributed by atoms with Crippen LogP contribution in [-0.2, 0) is 0 Å². The van der Waals surface area contributed by atoms with E-state index < -0.39 is 0 Å². The molecule has 0 saturated heterocycles. The highest BCUT2D eigenvalue weighted by Gasteiger charge is 2.11. The largest absolute Gasteiger partial charge is 0.497 e. The van der Waals surface area contributed by atoms with Crippen LogP contribution in [0.2, 0.25) is 0 Å². The van der Waals surface area contributed by atoms with Crippen LogP contribution in [0.15, 0.2) is 48.9 Å². The van der Waals surface area contributed by atoms with E-state index in [2.05, 4.69) is 25.7 Å². The van der Waals surface area contributed by atoms with Gasteiger partial charge in [0.05, 0.1) is 19.0 Å². The molecule has 0 atom stereocenters. The second-order valence-corrected chi connectivity index (χ2v) is 5.01. The molecule has 7 heteroatoms. The highest BCUT2D eigenvalue weighted by molar-refractivity contribution is 5.97. The molecule has 0 saturated carbocycles. The number of benzene rings is 1. The molecule has 0 unspecified atom stereocenters. The van der Waals surface area contributed by atoms with E-state index in [1.807, 2.05) is 36.5 Å². The third-order valence-corrected chi connectivity index (χ3v) is 3.57. The van der Waals surface area contributed by atoms with Gasteiger partial charge in [0.2, 0.25) is 0 Å². The summed E-state index contributed by atoms with van der Waals surface area (Å²) in [6.45, 7) is 0. The minimum absolute atomic E-state index is 0.703. The molecule has 114 valence electrons. The van der Waals surface area contributed by atoms with Gasteiger partial charge >= 0.3 is 0 Å². The van der Waals surface area contributed by atoms with Gasteiger partial charge in [-0.15, -0.1) is 0 Å². The Morgan fingerprint density at radius 2 is 2.04 bits per heavy atom. The molecular formula is C16H14N6O. The Hall–Kier alpha value is -3.35. The summed E-state index contributed by atoms with van der Waals surface area (Å²) in [6.07, 6.45) is 5.33. The summed E-state index contributed by atoms with van der Waals surface area (Å²) in [4.78, 5) is 4.71. The maximum atomic E-state index is 5.32. The first kappa shape index (κ1) is 13.3. The summed E-state index contributed by atoms with van der Waals surface area (Å²) in [7, 11) is 1.65. The first-order chi connectivity index (χ1) is 11.3. The Bertz CT molecular complexity index is 931. The molecule has 0 spiro atoms. The van der Waals surface area contributed by atoms with Crippen molar-refractivity contribution in [3.63, 3.8) is 0 Å². The molecule has 0 amide bonds. The van der Waals surface area contributed by atoms with Crippen LogP contribution in [0.5, 0.6) is 5.75 Å². The van der Waals surface area contributed by atoms with E-state index in [-0.39, 0.29) is 0 Å². The van der Waals surface area contributed by atoms with Gasteiger partial charge in [-0.3, -0.25) is 10.2 Å². The number of aromatic amines is 2. The maximum Gasteiger partial charge on any atom is 0.153 e. The molecule has 0 aliphatic rings. The molecule has 7 nitrogen and oxygen atoms in total. The van der Waals surface area contributed by atoms with Gasteiger partial charge in [0, 0.05) is 29.4 Å². The van der Waals surface area contributed by atoms with Gasteiger partial charge in [-0.2, -0.15) is 10.2 Å². The van der Waals surface area contributed by atoms with E-state index in [0.29, 0.717) is 11.6 Å². The lowest BCUT2D eigenvalue weighted by Gasteiger charge is -2.10. The molecular weight excluding hydrogens is 292 g/mol. The first-order valence-electron chi connectivity index (χ1n) is 7.08. The molecule has 4 rings (SSSR count). The van der Waals surface area contributed by atoms with Crippen LogP contribution >= 0.6 is 0 Å². The van der Waals surface area contributed by atoms with E-state index in [0.717, 1.165) is 27.8 Å². The van der Waals surface area contributed by atoms with Crippen LogP contribution in [0.25, 0.3) is 22.0 Å². The Morgan fingerprint density at radius 1 is 1.09 bits per heavy atom. The number of fused-ring (bicyclic) bond motifs is 1. The van der Waals surface area contributed by atoms with Gasteiger partial charge in [0.1, 0.15) is 11.6 Å². The third-order valence-electron chi connectivity index (χ3n) is 3.57. The number of nitrogens with one attached hydrogen (secondary N) is 3. The summed E-state index contributed by atoms with van der Waals surface area (Å²) >= 11 is 0. The summed E-state index contributed by atoms with van der Waals surface area (Å²) < 4.78 is 5.32. The van der Waals surface area contributed by atoms with E-state index >= 15 is 0 Å². The van der Waals surface area contributed by atoms with Crippen molar-refractivity contribution in [2.45, 2.75) is 0 Å². The van der Waals surface area contributed by atoms with Gasteiger partial charge in [-0.05, 0) is 29.7 Å². The van der Waals surface area contributed by atoms with E-state index in [9.17, 15) is 0 Å². The smallest absolute Gasteiger partial charge is 0.153 e. The van der Waals surface area contributed by atoms with Crippen LogP contribution in [0.3, 0.4) is 0 Å². The molecule has 0 fully saturated rings. The van der Waals surface area contributed by atoms with Gasteiger partial charge < -0.3 is 10.1 Å². The molecule has 3 N–H and O–H groups in total. The molecule has 0 aliphatic heterocycles. The fourth-order valence-electron chi connectivity index (χ4n) is 2.49. The second-order valence-electron chi connectivity index (χ2n) is 5.01. The van der Waals surface area contributed by atoms with Crippen molar-refractivity contribution in [2.75, 3.05) is 12.4 Å². The highest BCUT2D eigenvalue weighted by atomic mass is 16.5. The van der Waals surface area contributed by atoms with Crippen molar-refractivity contribution in [3.05, 3.63) is 48.9 Å². The van der Waals surface area contributed by atoms with Gasteiger partial charge in [0.15, 0.2) is 5.82 Å². The summed E-state index contributed by atoms with van der Waals surface area (Å²) in [5.74, 6) is 2.21. The Labute approximate surface area is 131 Å². The minimum atomic E-state index is 0.703. The molecule has 0 bridgehead atoms. The first-order valence-corrected chi connectivity index (χ1v) is 7.08. The Balaban J connectivity index is 1.90. The highest BCUT2D eigenvalue weighted by Crippen LogP contribution is 2.31. The van der Waals surface area contributed by atoms with Crippen molar-refractivity contribution >= 4 is 22.4 Å². The molecule has 3 aromatic heterocycles. The zero-order valence-electron chi connectivity index (χ0n) is 12.4. The van der Waals surface area contributed by atoms with Gasteiger partial charge in [-0.25, -0.2) is 4.98 Å². The second kappa shape index (κ2) is 5.45. The lowest BCUT2D eigenvalue weighted by Crippen LogP contribution is -1.96. The van der Waals surface area contributed by atoms with Crippen molar-refractivity contribution in [2.24, 2.45) is 0 Å². The van der Waals surface area contributed by atoms with Gasteiger partial charge in [0.25, 0.3) is 0 Å². The number of hydrogen-bond acceptors (Lipinski definition) is 5. The standard InChI is InChI=1S/C16H14N6O/c1-23-12-2-3-13-10(6-12)7-15(20-14-4-5-17-22-14)21-16(13)11-8-18-19-9-11/h2-9H,1H3,(H,18,19)(H2,17,20,21,22). The fraction of sp³-hybridized carbons (Fsp3) is 0.0625. The normalized spacial score (nSPS) is 10.8. The number of hydrogen-bond donors (Lipinski definition) is 3. The van der Waals surface area contributed by atoms with Crippen LogP contribution < -0.4 is 10.1 Å². The number of methoxy groups -OCH3 is 1. The minimum Gasteiger partial charge on any atom is -0.497 e. The zero-order chi connectivity index (χ0) is 15.6. The quantitative estimate of drug-likeness (QED) is 0.539. The summed E-state index contributed by atoms with van der Waals surface area (Å²) in [5.41, 5.74) is 1.77. The average molecular weight is 306 g/mol. The lowest BCUT2D eigenvalue weighted by atomic mass is 10.1. The average Bonchev–Trinajstić information content (AvgIpc) is 3.27. The van der Waals surface area contributed by atoms with E-state index in [4.69, 9.17) is 9.72 Å². The third kappa shape index (κ3) is 2.48. The number of nitrogens with zero attached hydrogens (tertiary/aromatic N) is 3. The molecule has 0 radical (unpaired) electrons. The Morgan fingerprint density at radius 3 is 2.78 bits per heavy atom. The van der Waals surface area contributed by atoms with Crippen LogP contribution in [0.4, 0.5) is 11.6 Å². The van der Waals surface area contributed by atoms with E-state index in [1.165, 1.54) is 0 Å².